The van der Waals surface area contributed by atoms with E-state index in [2.05, 4.69) is 12.2 Å². The van der Waals surface area contributed by atoms with Gasteiger partial charge < -0.3 is 5.32 Å². The molecular formula is C12H24ClN. The summed E-state index contributed by atoms with van der Waals surface area (Å²) in [6, 6.07) is 0.776. The Morgan fingerprint density at radius 2 is 1.86 bits per heavy atom. The minimum atomic E-state index is 0.369. The largest absolute Gasteiger partial charge is 0.314 e. The maximum absolute atomic E-state index is 6.08. The summed E-state index contributed by atoms with van der Waals surface area (Å²) in [6.45, 7) is 3.26. The van der Waals surface area contributed by atoms with Gasteiger partial charge in [0.05, 0.1) is 0 Å². The topological polar surface area (TPSA) is 12.0 Å². The highest BCUT2D eigenvalue weighted by Crippen LogP contribution is 2.17. The molecule has 0 heterocycles. The van der Waals surface area contributed by atoms with Crippen LogP contribution in [-0.4, -0.2) is 18.0 Å². The molecule has 1 unspecified atom stereocenters. The molecule has 0 spiro atoms. The lowest BCUT2D eigenvalue weighted by atomic mass is 10.1. The van der Waals surface area contributed by atoms with E-state index in [0.29, 0.717) is 5.38 Å². The zero-order valence-electron chi connectivity index (χ0n) is 9.40. The van der Waals surface area contributed by atoms with E-state index in [1.54, 1.807) is 0 Å². The van der Waals surface area contributed by atoms with Crippen molar-refractivity contribution in [3.05, 3.63) is 0 Å². The second kappa shape index (κ2) is 7.53. The number of nitrogens with one attached hydrogen (secondary N) is 1. The Balaban J connectivity index is 2.04. The lowest BCUT2D eigenvalue weighted by molar-refractivity contribution is 0.452. The van der Waals surface area contributed by atoms with E-state index in [1.807, 2.05) is 0 Å². The van der Waals surface area contributed by atoms with Crippen LogP contribution < -0.4 is 5.32 Å². The van der Waals surface area contributed by atoms with Crippen molar-refractivity contribution in [2.75, 3.05) is 6.54 Å². The van der Waals surface area contributed by atoms with Gasteiger partial charge in [-0.05, 0) is 32.2 Å². The van der Waals surface area contributed by atoms with Crippen molar-refractivity contribution in [1.82, 2.24) is 5.32 Å². The molecular weight excluding hydrogens is 194 g/mol. The van der Waals surface area contributed by atoms with Crippen LogP contribution >= 0.6 is 11.6 Å². The third kappa shape index (κ3) is 5.21. The van der Waals surface area contributed by atoms with Gasteiger partial charge in [-0.2, -0.15) is 0 Å². The number of hydrogen-bond donors (Lipinski definition) is 1. The van der Waals surface area contributed by atoms with E-state index < -0.39 is 0 Å². The molecule has 84 valence electrons. The Bertz CT molecular complexity index is 130. The lowest BCUT2D eigenvalue weighted by Crippen LogP contribution is -2.30. The molecule has 0 saturated heterocycles. The van der Waals surface area contributed by atoms with Crippen LogP contribution in [0.3, 0.4) is 0 Å². The van der Waals surface area contributed by atoms with E-state index in [1.165, 1.54) is 38.5 Å². The Kier molecular flexibility index (Phi) is 6.63. The maximum Gasteiger partial charge on any atom is 0.0345 e. The van der Waals surface area contributed by atoms with Gasteiger partial charge in [0.1, 0.15) is 0 Å². The molecule has 1 atom stereocenters. The van der Waals surface area contributed by atoms with E-state index >= 15 is 0 Å². The predicted octanol–water partition coefficient (Wildman–Crippen LogP) is 3.71. The monoisotopic (exact) mass is 217 g/mol. The molecule has 0 amide bonds. The van der Waals surface area contributed by atoms with Crippen molar-refractivity contribution >= 4 is 11.6 Å². The van der Waals surface area contributed by atoms with Crippen molar-refractivity contribution in [2.45, 2.75) is 69.7 Å². The van der Waals surface area contributed by atoms with E-state index in [4.69, 9.17) is 11.6 Å². The maximum atomic E-state index is 6.08. The van der Waals surface area contributed by atoms with Gasteiger partial charge in [-0.15, -0.1) is 11.6 Å². The highest BCUT2D eigenvalue weighted by molar-refractivity contribution is 6.20. The van der Waals surface area contributed by atoms with Gasteiger partial charge >= 0.3 is 0 Å². The molecule has 1 nitrogen and oxygen atoms in total. The second-order valence-corrected chi connectivity index (χ2v) is 5.05. The summed E-state index contributed by atoms with van der Waals surface area (Å²) < 4.78 is 0. The van der Waals surface area contributed by atoms with Crippen LogP contribution in [0.15, 0.2) is 0 Å². The van der Waals surface area contributed by atoms with Gasteiger partial charge in [0, 0.05) is 11.4 Å². The minimum Gasteiger partial charge on any atom is -0.314 e. The summed E-state index contributed by atoms with van der Waals surface area (Å²) >= 11 is 6.08. The molecule has 0 aromatic rings. The molecule has 0 bridgehead atoms. The predicted molar refractivity (Wildman–Crippen MR) is 64.0 cm³/mol. The third-order valence-corrected chi connectivity index (χ3v) is 3.72. The highest BCUT2D eigenvalue weighted by atomic mass is 35.5. The first kappa shape index (κ1) is 12.3. The summed E-state index contributed by atoms with van der Waals surface area (Å²) in [4.78, 5) is 0. The molecule has 1 aliphatic rings. The summed E-state index contributed by atoms with van der Waals surface area (Å²) in [5.41, 5.74) is 0. The zero-order chi connectivity index (χ0) is 10.2. The first-order valence-electron chi connectivity index (χ1n) is 6.20. The van der Waals surface area contributed by atoms with Gasteiger partial charge in [-0.1, -0.05) is 32.6 Å². The van der Waals surface area contributed by atoms with Gasteiger partial charge in [-0.25, -0.2) is 0 Å². The fourth-order valence-electron chi connectivity index (χ4n) is 2.13. The fourth-order valence-corrected chi connectivity index (χ4v) is 2.24. The number of alkyl halides is 1. The lowest BCUT2D eigenvalue weighted by Gasteiger charge is -2.16. The Labute approximate surface area is 93.6 Å². The van der Waals surface area contributed by atoms with Gasteiger partial charge in [0.2, 0.25) is 0 Å². The number of halogens is 1. The van der Waals surface area contributed by atoms with Crippen LogP contribution in [0.1, 0.15) is 58.3 Å². The minimum absolute atomic E-state index is 0.369. The second-order valence-electron chi connectivity index (χ2n) is 4.44. The number of hydrogen-bond acceptors (Lipinski definition) is 1. The van der Waals surface area contributed by atoms with Gasteiger partial charge in [0.15, 0.2) is 0 Å². The molecule has 1 saturated carbocycles. The third-order valence-electron chi connectivity index (χ3n) is 3.19. The van der Waals surface area contributed by atoms with Gasteiger partial charge in [0.25, 0.3) is 0 Å². The highest BCUT2D eigenvalue weighted by Gasteiger charge is 2.11. The summed E-state index contributed by atoms with van der Waals surface area (Å²) in [5.74, 6) is 0. The van der Waals surface area contributed by atoms with Crippen molar-refractivity contribution < 1.29 is 0 Å². The van der Waals surface area contributed by atoms with Crippen LogP contribution in [0.5, 0.6) is 0 Å². The van der Waals surface area contributed by atoms with Crippen LogP contribution in [0, 0.1) is 0 Å². The van der Waals surface area contributed by atoms with Crippen molar-refractivity contribution in [3.63, 3.8) is 0 Å². The Morgan fingerprint density at radius 3 is 2.43 bits per heavy atom. The van der Waals surface area contributed by atoms with E-state index in [9.17, 15) is 0 Å². The molecule has 0 aliphatic heterocycles. The molecule has 0 radical (unpaired) electrons. The first-order valence-corrected chi connectivity index (χ1v) is 6.64. The molecule has 1 N–H and O–H groups in total. The Hall–Kier alpha value is 0.250. The van der Waals surface area contributed by atoms with E-state index in [-0.39, 0.29) is 0 Å². The SMILES string of the molecule is CCC(Cl)CCNC1CCCCCC1. The van der Waals surface area contributed by atoms with Crippen LogP contribution in [0.2, 0.25) is 0 Å². The molecule has 14 heavy (non-hydrogen) atoms. The van der Waals surface area contributed by atoms with Crippen molar-refractivity contribution in [3.8, 4) is 0 Å². The van der Waals surface area contributed by atoms with Crippen LogP contribution in [0.4, 0.5) is 0 Å². The first-order chi connectivity index (χ1) is 6.83. The fraction of sp³-hybridized carbons (Fsp3) is 1.00. The summed E-state index contributed by atoms with van der Waals surface area (Å²) in [7, 11) is 0. The van der Waals surface area contributed by atoms with Crippen molar-refractivity contribution in [2.24, 2.45) is 0 Å². The quantitative estimate of drug-likeness (QED) is 0.547. The normalized spacial score (nSPS) is 21.9. The molecule has 0 aromatic heterocycles. The summed E-state index contributed by atoms with van der Waals surface area (Å²) in [6.07, 6.45) is 10.7. The molecule has 0 aromatic carbocycles. The standard InChI is InChI=1S/C12H24ClN/c1-2-11(13)9-10-14-12-7-5-3-4-6-8-12/h11-12,14H,2-10H2,1H3. The molecule has 1 aliphatic carbocycles. The molecule has 1 fully saturated rings. The number of rotatable bonds is 5. The Morgan fingerprint density at radius 1 is 1.21 bits per heavy atom. The summed E-state index contributed by atoms with van der Waals surface area (Å²) in [5, 5.41) is 4.01. The molecule has 1 rings (SSSR count). The van der Waals surface area contributed by atoms with Crippen LogP contribution in [-0.2, 0) is 0 Å². The molecule has 2 heteroatoms. The smallest absolute Gasteiger partial charge is 0.0345 e. The van der Waals surface area contributed by atoms with Gasteiger partial charge in [-0.3, -0.25) is 0 Å². The average Bonchev–Trinajstić information content (AvgIpc) is 2.46. The van der Waals surface area contributed by atoms with Crippen molar-refractivity contribution in [1.29, 1.82) is 0 Å². The van der Waals surface area contributed by atoms with Crippen LogP contribution in [0.25, 0.3) is 0 Å². The average molecular weight is 218 g/mol. The zero-order valence-corrected chi connectivity index (χ0v) is 10.2. The van der Waals surface area contributed by atoms with E-state index in [0.717, 1.165) is 25.4 Å².